The quantitative estimate of drug-likeness (QED) is 0.829. The van der Waals surface area contributed by atoms with E-state index in [1.807, 2.05) is 0 Å². The molecule has 8 heteroatoms. The summed E-state index contributed by atoms with van der Waals surface area (Å²) in [6, 6.07) is 4.80. The van der Waals surface area contributed by atoms with Crippen LogP contribution in [0.1, 0.15) is 29.1 Å². The molecule has 1 amide bonds. The van der Waals surface area contributed by atoms with Gasteiger partial charge in [-0.05, 0) is 30.9 Å². The third-order valence-electron chi connectivity index (χ3n) is 3.93. The van der Waals surface area contributed by atoms with E-state index in [4.69, 9.17) is 14.0 Å². The van der Waals surface area contributed by atoms with E-state index in [0.29, 0.717) is 12.5 Å². The summed E-state index contributed by atoms with van der Waals surface area (Å²) in [4.78, 5) is 12.0. The van der Waals surface area contributed by atoms with E-state index in [1.54, 1.807) is 0 Å². The lowest BCUT2D eigenvalue weighted by Crippen LogP contribution is -2.26. The molecule has 0 bridgehead atoms. The van der Waals surface area contributed by atoms with Gasteiger partial charge in [-0.1, -0.05) is 11.2 Å². The molecule has 1 atom stereocenters. The van der Waals surface area contributed by atoms with Crippen LogP contribution in [0, 0.1) is 17.6 Å². The highest BCUT2D eigenvalue weighted by atomic mass is 19.1. The van der Waals surface area contributed by atoms with Crippen LogP contribution in [-0.4, -0.2) is 30.8 Å². The molecule has 0 saturated carbocycles. The average molecular weight is 352 g/mol. The van der Waals surface area contributed by atoms with Gasteiger partial charge in [0.05, 0.1) is 0 Å². The van der Waals surface area contributed by atoms with Crippen LogP contribution in [0.5, 0.6) is 5.75 Å². The molecule has 134 valence electrons. The van der Waals surface area contributed by atoms with Crippen LogP contribution >= 0.6 is 0 Å². The van der Waals surface area contributed by atoms with Crippen molar-refractivity contribution in [3.05, 3.63) is 47.4 Å². The first-order chi connectivity index (χ1) is 12.1. The van der Waals surface area contributed by atoms with Gasteiger partial charge in [-0.3, -0.25) is 4.79 Å². The molecule has 1 N–H and O–H groups in total. The van der Waals surface area contributed by atoms with E-state index < -0.39 is 17.4 Å². The molecule has 2 heterocycles. The predicted octanol–water partition coefficient (Wildman–Crippen LogP) is 2.69. The second-order valence-corrected chi connectivity index (χ2v) is 5.79. The summed E-state index contributed by atoms with van der Waals surface area (Å²) in [5.41, 5.74) is 0.0928. The van der Waals surface area contributed by atoms with Crippen molar-refractivity contribution in [2.24, 2.45) is 5.92 Å². The molecule has 0 unspecified atom stereocenters. The fourth-order valence-corrected chi connectivity index (χ4v) is 2.54. The number of carbonyl (C=O) groups is 1. The zero-order valence-corrected chi connectivity index (χ0v) is 13.5. The van der Waals surface area contributed by atoms with Crippen molar-refractivity contribution < 1.29 is 27.6 Å². The van der Waals surface area contributed by atoms with Gasteiger partial charge in [0.1, 0.15) is 6.61 Å². The number of nitrogens with one attached hydrogen (secondary N) is 1. The minimum atomic E-state index is -0.812. The number of nitrogens with zero attached hydrogens (tertiary/aromatic N) is 1. The first-order valence-electron chi connectivity index (χ1n) is 8.02. The molecule has 6 nitrogen and oxygen atoms in total. The number of aromatic nitrogens is 1. The van der Waals surface area contributed by atoms with Crippen molar-refractivity contribution in [1.82, 2.24) is 10.5 Å². The highest BCUT2D eigenvalue weighted by Crippen LogP contribution is 2.22. The Kier molecular flexibility index (Phi) is 5.60. The molecule has 1 fully saturated rings. The number of halogens is 2. The Morgan fingerprint density at radius 2 is 2.16 bits per heavy atom. The van der Waals surface area contributed by atoms with Crippen molar-refractivity contribution in [1.29, 1.82) is 0 Å². The molecule has 3 rings (SSSR count). The Hall–Kier alpha value is -2.48. The van der Waals surface area contributed by atoms with E-state index >= 15 is 0 Å². The number of rotatable bonds is 7. The van der Waals surface area contributed by atoms with Crippen LogP contribution in [0.25, 0.3) is 0 Å². The standard InChI is InChI=1S/C17H18F2N2O4/c18-13-2-1-3-14(19)16(13)24-10-12-8-15(21-25-12)17(22)20-6-4-11-5-7-23-9-11/h1-3,8,11H,4-7,9-10H2,(H,20,22)/t11-/m0/s1. The van der Waals surface area contributed by atoms with Gasteiger partial charge in [0, 0.05) is 25.8 Å². The van der Waals surface area contributed by atoms with Gasteiger partial charge in [0.25, 0.3) is 5.91 Å². The fourth-order valence-electron chi connectivity index (χ4n) is 2.54. The number of amides is 1. The molecule has 1 saturated heterocycles. The largest absolute Gasteiger partial charge is 0.479 e. The molecule has 1 aliphatic rings. The van der Waals surface area contributed by atoms with Crippen LogP contribution in [-0.2, 0) is 11.3 Å². The lowest BCUT2D eigenvalue weighted by Gasteiger charge is -2.07. The van der Waals surface area contributed by atoms with Crippen LogP contribution < -0.4 is 10.1 Å². The summed E-state index contributed by atoms with van der Waals surface area (Å²) in [7, 11) is 0. The molecule has 0 aliphatic carbocycles. The maximum atomic E-state index is 13.5. The molecular weight excluding hydrogens is 334 g/mol. The summed E-state index contributed by atoms with van der Waals surface area (Å²) >= 11 is 0. The van der Waals surface area contributed by atoms with Gasteiger partial charge >= 0.3 is 0 Å². The van der Waals surface area contributed by atoms with Gasteiger partial charge in [-0.15, -0.1) is 0 Å². The molecule has 1 aliphatic heterocycles. The van der Waals surface area contributed by atoms with Gasteiger partial charge < -0.3 is 19.3 Å². The molecular formula is C17H18F2N2O4. The summed E-state index contributed by atoms with van der Waals surface area (Å²) in [6.07, 6.45) is 1.85. The maximum Gasteiger partial charge on any atom is 0.273 e. The highest BCUT2D eigenvalue weighted by Gasteiger charge is 2.17. The molecule has 1 aromatic carbocycles. The second kappa shape index (κ2) is 8.06. The molecule has 0 radical (unpaired) electrons. The zero-order chi connectivity index (χ0) is 17.6. The normalized spacial score (nSPS) is 16.8. The molecule has 25 heavy (non-hydrogen) atoms. The van der Waals surface area contributed by atoms with Crippen molar-refractivity contribution in [3.63, 3.8) is 0 Å². The SMILES string of the molecule is O=C(NCC[C@H]1CCOC1)c1cc(COc2c(F)cccc2F)on1. The Morgan fingerprint density at radius 3 is 2.88 bits per heavy atom. The van der Waals surface area contributed by atoms with E-state index in [-0.39, 0.29) is 24.0 Å². The summed E-state index contributed by atoms with van der Waals surface area (Å²) in [6.45, 7) is 1.78. The minimum absolute atomic E-state index is 0.0928. The Morgan fingerprint density at radius 1 is 1.36 bits per heavy atom. The Bertz CT molecular complexity index is 709. The number of carbonyl (C=O) groups excluding carboxylic acids is 1. The molecule has 1 aromatic heterocycles. The second-order valence-electron chi connectivity index (χ2n) is 5.79. The third kappa shape index (κ3) is 4.54. The number of para-hydroxylation sites is 1. The Balaban J connectivity index is 1.48. The number of hydrogen-bond acceptors (Lipinski definition) is 5. The molecule has 0 spiro atoms. The van der Waals surface area contributed by atoms with Crippen LogP contribution in [0.3, 0.4) is 0 Å². The van der Waals surface area contributed by atoms with E-state index in [1.165, 1.54) is 12.1 Å². The topological polar surface area (TPSA) is 73.6 Å². The van der Waals surface area contributed by atoms with Crippen LogP contribution in [0.4, 0.5) is 8.78 Å². The zero-order valence-electron chi connectivity index (χ0n) is 13.5. The van der Waals surface area contributed by atoms with Crippen molar-refractivity contribution in [2.75, 3.05) is 19.8 Å². The van der Waals surface area contributed by atoms with E-state index in [0.717, 1.165) is 38.2 Å². The van der Waals surface area contributed by atoms with Crippen molar-refractivity contribution in [3.8, 4) is 5.75 Å². The van der Waals surface area contributed by atoms with E-state index in [2.05, 4.69) is 10.5 Å². The van der Waals surface area contributed by atoms with Crippen molar-refractivity contribution in [2.45, 2.75) is 19.4 Å². The van der Waals surface area contributed by atoms with Gasteiger partial charge in [0.2, 0.25) is 0 Å². The predicted molar refractivity (Wildman–Crippen MR) is 83.1 cm³/mol. The van der Waals surface area contributed by atoms with Gasteiger partial charge in [0.15, 0.2) is 28.8 Å². The summed E-state index contributed by atoms with van der Waals surface area (Å²) in [5, 5.41) is 6.40. The fraction of sp³-hybridized carbons (Fsp3) is 0.412. The number of hydrogen-bond donors (Lipinski definition) is 1. The first-order valence-corrected chi connectivity index (χ1v) is 8.02. The average Bonchev–Trinajstić information content (AvgIpc) is 3.26. The van der Waals surface area contributed by atoms with Gasteiger partial charge in [-0.25, -0.2) is 8.78 Å². The first kappa shape index (κ1) is 17.3. The maximum absolute atomic E-state index is 13.5. The third-order valence-corrected chi connectivity index (χ3v) is 3.93. The number of benzene rings is 1. The Labute approximate surface area is 143 Å². The van der Waals surface area contributed by atoms with Gasteiger partial charge in [-0.2, -0.15) is 0 Å². The minimum Gasteiger partial charge on any atom is -0.479 e. The van der Waals surface area contributed by atoms with E-state index in [9.17, 15) is 13.6 Å². The monoisotopic (exact) mass is 352 g/mol. The van der Waals surface area contributed by atoms with Crippen LogP contribution in [0.2, 0.25) is 0 Å². The highest BCUT2D eigenvalue weighted by molar-refractivity contribution is 5.92. The summed E-state index contributed by atoms with van der Waals surface area (Å²) < 4.78 is 42.2. The van der Waals surface area contributed by atoms with Crippen LogP contribution in [0.15, 0.2) is 28.8 Å². The smallest absolute Gasteiger partial charge is 0.273 e. The lowest BCUT2D eigenvalue weighted by atomic mass is 10.1. The lowest BCUT2D eigenvalue weighted by molar-refractivity contribution is 0.0941. The van der Waals surface area contributed by atoms with Crippen molar-refractivity contribution >= 4 is 5.91 Å². The number of ether oxygens (including phenoxy) is 2. The molecule has 2 aromatic rings. The summed E-state index contributed by atoms with van der Waals surface area (Å²) in [5.74, 6) is -1.83.